The molecule has 0 aliphatic carbocycles. The third kappa shape index (κ3) is 5.26. The van der Waals surface area contributed by atoms with E-state index >= 15 is 0 Å². The fourth-order valence-electron chi connectivity index (χ4n) is 3.64. The standard InChI is InChI=1S/C24H26N6O3/c1-15-7-19(9-23(29-15)30-5-6-32-16(2)14-30)33-22-8-17(10-25)3-4-20(22)24-27-12-18(13-28-24)21(31)11-26/h3-4,7-9,12-13,16,21,31H,5-6,11,14,26H2,1-2H3/t16-,21?/m0/s1. The van der Waals surface area contributed by atoms with Crippen molar-refractivity contribution in [2.24, 2.45) is 5.73 Å². The molecule has 3 heterocycles. The van der Waals surface area contributed by atoms with Crippen molar-refractivity contribution in [3.05, 3.63) is 59.5 Å². The van der Waals surface area contributed by atoms with Gasteiger partial charge in [-0.2, -0.15) is 5.26 Å². The van der Waals surface area contributed by atoms with Crippen LogP contribution in [0.5, 0.6) is 11.5 Å². The van der Waals surface area contributed by atoms with Crippen LogP contribution in [0.15, 0.2) is 42.7 Å². The first-order chi connectivity index (χ1) is 16.0. The Bertz CT molecular complexity index is 1160. The highest BCUT2D eigenvalue weighted by molar-refractivity contribution is 5.66. The molecule has 0 radical (unpaired) electrons. The minimum absolute atomic E-state index is 0.0829. The summed E-state index contributed by atoms with van der Waals surface area (Å²) in [5, 5.41) is 19.3. The summed E-state index contributed by atoms with van der Waals surface area (Å²) in [6.07, 6.45) is 2.38. The van der Waals surface area contributed by atoms with Crippen LogP contribution in [0.2, 0.25) is 0 Å². The van der Waals surface area contributed by atoms with Crippen LogP contribution in [0.25, 0.3) is 11.4 Å². The van der Waals surface area contributed by atoms with Crippen LogP contribution in [-0.2, 0) is 4.74 Å². The highest BCUT2D eigenvalue weighted by atomic mass is 16.5. The minimum atomic E-state index is -0.822. The van der Waals surface area contributed by atoms with Gasteiger partial charge in [0.1, 0.15) is 17.3 Å². The number of nitriles is 1. The Balaban J connectivity index is 1.67. The van der Waals surface area contributed by atoms with E-state index in [-0.39, 0.29) is 12.6 Å². The molecule has 1 unspecified atom stereocenters. The van der Waals surface area contributed by atoms with E-state index in [0.717, 1.165) is 24.6 Å². The van der Waals surface area contributed by atoms with Crippen molar-refractivity contribution in [1.29, 1.82) is 5.26 Å². The summed E-state index contributed by atoms with van der Waals surface area (Å²) in [6, 6.07) is 11.0. The van der Waals surface area contributed by atoms with Gasteiger partial charge < -0.3 is 25.2 Å². The van der Waals surface area contributed by atoms with Gasteiger partial charge in [0.2, 0.25) is 0 Å². The van der Waals surface area contributed by atoms with Crippen LogP contribution in [0.3, 0.4) is 0 Å². The molecule has 9 heteroatoms. The molecule has 9 nitrogen and oxygen atoms in total. The summed E-state index contributed by atoms with van der Waals surface area (Å²) in [6.45, 7) is 6.19. The Labute approximate surface area is 192 Å². The first kappa shape index (κ1) is 22.6. The van der Waals surface area contributed by atoms with Crippen molar-refractivity contribution in [2.45, 2.75) is 26.1 Å². The van der Waals surface area contributed by atoms with Crippen molar-refractivity contribution in [1.82, 2.24) is 15.0 Å². The third-order valence-electron chi connectivity index (χ3n) is 5.34. The molecule has 1 saturated heterocycles. The maximum absolute atomic E-state index is 9.90. The lowest BCUT2D eigenvalue weighted by Gasteiger charge is -2.32. The molecular formula is C24H26N6O3. The van der Waals surface area contributed by atoms with E-state index in [1.165, 1.54) is 12.4 Å². The second-order valence-corrected chi connectivity index (χ2v) is 7.95. The van der Waals surface area contributed by atoms with Crippen molar-refractivity contribution in [3.8, 4) is 29.0 Å². The zero-order chi connectivity index (χ0) is 23.4. The quantitative estimate of drug-likeness (QED) is 0.587. The molecule has 2 aromatic heterocycles. The molecule has 170 valence electrons. The summed E-state index contributed by atoms with van der Waals surface area (Å²) >= 11 is 0. The average Bonchev–Trinajstić information content (AvgIpc) is 2.83. The second-order valence-electron chi connectivity index (χ2n) is 7.95. The molecule has 3 aromatic rings. The monoisotopic (exact) mass is 446 g/mol. The Morgan fingerprint density at radius 2 is 2.09 bits per heavy atom. The van der Waals surface area contributed by atoms with E-state index in [1.54, 1.807) is 18.2 Å². The van der Waals surface area contributed by atoms with Crippen molar-refractivity contribution < 1.29 is 14.6 Å². The molecule has 0 bridgehead atoms. The number of hydrogen-bond donors (Lipinski definition) is 2. The maximum Gasteiger partial charge on any atom is 0.162 e. The number of benzene rings is 1. The SMILES string of the molecule is Cc1cc(Oc2cc(C#N)ccc2-c2ncc(C(O)CN)cn2)cc(N2CCO[C@@H](C)C2)n1. The van der Waals surface area contributed by atoms with Gasteiger partial charge in [0.05, 0.1) is 36.0 Å². The van der Waals surface area contributed by atoms with Crippen molar-refractivity contribution in [3.63, 3.8) is 0 Å². The summed E-state index contributed by atoms with van der Waals surface area (Å²) in [4.78, 5) is 15.6. The molecule has 0 amide bonds. The lowest BCUT2D eigenvalue weighted by atomic mass is 10.1. The Morgan fingerprint density at radius 1 is 1.30 bits per heavy atom. The van der Waals surface area contributed by atoms with Crippen LogP contribution in [0.1, 0.15) is 29.8 Å². The number of ether oxygens (including phenoxy) is 2. The number of aryl methyl sites for hydroxylation is 1. The maximum atomic E-state index is 9.90. The number of morpholine rings is 1. The van der Waals surface area contributed by atoms with E-state index in [4.69, 9.17) is 15.2 Å². The van der Waals surface area contributed by atoms with Crippen LogP contribution in [0, 0.1) is 18.3 Å². The first-order valence-corrected chi connectivity index (χ1v) is 10.7. The number of nitrogens with two attached hydrogens (primary N) is 1. The number of aromatic nitrogens is 3. The molecule has 3 N–H and O–H groups in total. The molecule has 1 aromatic carbocycles. The number of aliphatic hydroxyl groups is 1. The lowest BCUT2D eigenvalue weighted by Crippen LogP contribution is -2.41. The molecule has 0 spiro atoms. The van der Waals surface area contributed by atoms with Gasteiger partial charge in [-0.25, -0.2) is 15.0 Å². The van der Waals surface area contributed by atoms with Gasteiger partial charge in [-0.1, -0.05) is 0 Å². The Morgan fingerprint density at radius 3 is 2.79 bits per heavy atom. The fraction of sp³-hybridized carbons (Fsp3) is 0.333. The second kappa shape index (κ2) is 9.92. The number of anilines is 1. The van der Waals surface area contributed by atoms with Gasteiger partial charge in [0.15, 0.2) is 5.82 Å². The molecule has 2 atom stereocenters. The summed E-state index contributed by atoms with van der Waals surface area (Å²) in [7, 11) is 0. The summed E-state index contributed by atoms with van der Waals surface area (Å²) < 4.78 is 11.9. The number of pyridine rings is 1. The van der Waals surface area contributed by atoms with Crippen LogP contribution < -0.4 is 15.4 Å². The highest BCUT2D eigenvalue weighted by Crippen LogP contribution is 2.34. The van der Waals surface area contributed by atoms with Gasteiger partial charge in [-0.3, -0.25) is 0 Å². The van der Waals surface area contributed by atoms with Gasteiger partial charge in [0.25, 0.3) is 0 Å². The number of rotatable bonds is 6. The number of hydrogen-bond acceptors (Lipinski definition) is 9. The molecule has 1 aliphatic rings. The Hall–Kier alpha value is -3.58. The van der Waals surface area contributed by atoms with E-state index in [0.29, 0.717) is 40.6 Å². The largest absolute Gasteiger partial charge is 0.456 e. The van der Waals surface area contributed by atoms with Gasteiger partial charge in [0, 0.05) is 55.4 Å². The van der Waals surface area contributed by atoms with Crippen molar-refractivity contribution in [2.75, 3.05) is 31.1 Å². The predicted molar refractivity (Wildman–Crippen MR) is 123 cm³/mol. The van der Waals surface area contributed by atoms with Gasteiger partial charge in [-0.05, 0) is 32.0 Å². The van der Waals surface area contributed by atoms with Gasteiger partial charge in [-0.15, -0.1) is 0 Å². The first-order valence-electron chi connectivity index (χ1n) is 10.7. The zero-order valence-electron chi connectivity index (χ0n) is 18.6. The van der Waals surface area contributed by atoms with E-state index in [2.05, 4.69) is 25.9 Å². The smallest absolute Gasteiger partial charge is 0.162 e. The highest BCUT2D eigenvalue weighted by Gasteiger charge is 2.20. The van der Waals surface area contributed by atoms with Crippen LogP contribution in [0.4, 0.5) is 5.82 Å². The molecular weight excluding hydrogens is 420 g/mol. The molecule has 1 fully saturated rings. The summed E-state index contributed by atoms with van der Waals surface area (Å²) in [5.41, 5.74) is 7.94. The van der Waals surface area contributed by atoms with E-state index < -0.39 is 6.10 Å². The zero-order valence-corrected chi connectivity index (χ0v) is 18.6. The Kier molecular flexibility index (Phi) is 6.79. The van der Waals surface area contributed by atoms with Crippen molar-refractivity contribution >= 4 is 5.82 Å². The number of aliphatic hydroxyl groups excluding tert-OH is 1. The van der Waals surface area contributed by atoms with E-state index in [9.17, 15) is 10.4 Å². The normalized spacial score (nSPS) is 16.8. The molecule has 1 aliphatic heterocycles. The van der Waals surface area contributed by atoms with Crippen LogP contribution in [-0.4, -0.2) is 52.4 Å². The fourth-order valence-corrected chi connectivity index (χ4v) is 3.64. The van der Waals surface area contributed by atoms with Gasteiger partial charge >= 0.3 is 0 Å². The van der Waals surface area contributed by atoms with E-state index in [1.807, 2.05) is 26.0 Å². The topological polar surface area (TPSA) is 130 Å². The molecule has 33 heavy (non-hydrogen) atoms. The lowest BCUT2D eigenvalue weighted by molar-refractivity contribution is 0.0529. The molecule has 0 saturated carbocycles. The third-order valence-corrected chi connectivity index (χ3v) is 5.34. The minimum Gasteiger partial charge on any atom is -0.456 e. The van der Waals surface area contributed by atoms with Crippen LogP contribution >= 0.6 is 0 Å². The predicted octanol–water partition coefficient (Wildman–Crippen LogP) is 2.73. The summed E-state index contributed by atoms with van der Waals surface area (Å²) in [5.74, 6) is 2.28. The number of nitrogens with zero attached hydrogens (tertiary/aromatic N) is 5. The average molecular weight is 447 g/mol. The molecule has 4 rings (SSSR count).